The van der Waals surface area contributed by atoms with Gasteiger partial charge in [-0.15, -0.1) is 0 Å². The summed E-state index contributed by atoms with van der Waals surface area (Å²) >= 11 is 0. The molecule has 2 N–H and O–H groups in total. The van der Waals surface area contributed by atoms with E-state index in [0.29, 0.717) is 5.92 Å². The highest BCUT2D eigenvalue weighted by atomic mass is 16.6. The van der Waals surface area contributed by atoms with Gasteiger partial charge in [0, 0.05) is 18.6 Å². The number of ether oxygens (including phenoxy) is 1. The summed E-state index contributed by atoms with van der Waals surface area (Å²) in [5, 5.41) is 0. The molecule has 2 fully saturated rings. The number of carbonyl (C=O) groups excluding carboxylic acids is 1. The molecular weight excluding hydrogens is 264 g/mol. The molecule has 0 aromatic heterocycles. The van der Waals surface area contributed by atoms with Crippen molar-refractivity contribution in [2.45, 2.75) is 83.3 Å². The van der Waals surface area contributed by atoms with E-state index in [0.717, 1.165) is 32.4 Å². The fourth-order valence-corrected chi connectivity index (χ4v) is 3.68. The van der Waals surface area contributed by atoms with E-state index in [1.54, 1.807) is 0 Å². The maximum atomic E-state index is 12.1. The third kappa shape index (κ3) is 5.17. The highest BCUT2D eigenvalue weighted by molar-refractivity contribution is 5.68. The van der Waals surface area contributed by atoms with Crippen LogP contribution in [0.3, 0.4) is 0 Å². The molecule has 1 amide bonds. The van der Waals surface area contributed by atoms with Gasteiger partial charge in [-0.05, 0) is 58.8 Å². The Morgan fingerprint density at radius 2 is 1.76 bits per heavy atom. The Morgan fingerprint density at radius 1 is 1.19 bits per heavy atom. The molecule has 0 spiro atoms. The number of amides is 1. The molecule has 1 heterocycles. The van der Waals surface area contributed by atoms with E-state index in [2.05, 4.69) is 0 Å². The van der Waals surface area contributed by atoms with Gasteiger partial charge in [-0.2, -0.15) is 0 Å². The van der Waals surface area contributed by atoms with Crippen molar-refractivity contribution in [1.29, 1.82) is 0 Å². The van der Waals surface area contributed by atoms with Crippen LogP contribution in [0.2, 0.25) is 0 Å². The number of hydrogen-bond acceptors (Lipinski definition) is 3. The van der Waals surface area contributed by atoms with Crippen LogP contribution in [0, 0.1) is 5.92 Å². The Kier molecular flexibility index (Phi) is 5.18. The van der Waals surface area contributed by atoms with E-state index >= 15 is 0 Å². The van der Waals surface area contributed by atoms with Crippen LogP contribution in [0.25, 0.3) is 0 Å². The molecule has 1 saturated heterocycles. The van der Waals surface area contributed by atoms with Crippen LogP contribution in [-0.4, -0.2) is 35.2 Å². The Morgan fingerprint density at radius 3 is 2.29 bits per heavy atom. The third-order valence-electron chi connectivity index (χ3n) is 4.81. The van der Waals surface area contributed by atoms with Crippen LogP contribution in [-0.2, 0) is 4.74 Å². The third-order valence-corrected chi connectivity index (χ3v) is 4.81. The molecule has 4 nitrogen and oxygen atoms in total. The minimum absolute atomic E-state index is 0.0665. The summed E-state index contributed by atoms with van der Waals surface area (Å²) in [6, 6.07) is 0. The molecule has 21 heavy (non-hydrogen) atoms. The molecule has 122 valence electrons. The molecular formula is C17H32N2O2. The first-order chi connectivity index (χ1) is 9.77. The smallest absolute Gasteiger partial charge is 0.410 e. The summed E-state index contributed by atoms with van der Waals surface area (Å²) in [6.07, 6.45) is 9.38. The van der Waals surface area contributed by atoms with Crippen LogP contribution in [0.5, 0.6) is 0 Å². The molecule has 0 radical (unpaired) electrons. The zero-order valence-electron chi connectivity index (χ0n) is 14.0. The number of hydrogen-bond donors (Lipinski definition) is 1. The van der Waals surface area contributed by atoms with Crippen LogP contribution in [0.1, 0.15) is 72.1 Å². The highest BCUT2D eigenvalue weighted by Crippen LogP contribution is 2.34. The maximum absolute atomic E-state index is 12.1. The molecule has 2 aliphatic rings. The molecule has 1 aliphatic heterocycles. The fraction of sp³-hybridized carbons (Fsp3) is 0.941. The Hall–Kier alpha value is -0.770. The van der Waals surface area contributed by atoms with Crippen molar-refractivity contribution >= 4 is 6.09 Å². The number of likely N-dealkylation sites (tertiary alicyclic amines) is 1. The van der Waals surface area contributed by atoms with Crippen molar-refractivity contribution in [3.8, 4) is 0 Å². The Bertz CT molecular complexity index is 348. The van der Waals surface area contributed by atoms with E-state index in [1.807, 2.05) is 25.7 Å². The van der Waals surface area contributed by atoms with Crippen LogP contribution >= 0.6 is 0 Å². The van der Waals surface area contributed by atoms with Gasteiger partial charge in [0.25, 0.3) is 0 Å². The number of nitrogens with zero attached hydrogens (tertiary/aromatic N) is 1. The Balaban J connectivity index is 1.76. The summed E-state index contributed by atoms with van der Waals surface area (Å²) in [7, 11) is 0. The second-order valence-electron chi connectivity index (χ2n) is 8.04. The van der Waals surface area contributed by atoms with Crippen LogP contribution in [0.15, 0.2) is 0 Å². The second kappa shape index (κ2) is 6.55. The lowest BCUT2D eigenvalue weighted by molar-refractivity contribution is 0.0170. The van der Waals surface area contributed by atoms with E-state index in [9.17, 15) is 4.79 Å². The minimum Gasteiger partial charge on any atom is -0.444 e. The average molecular weight is 296 g/mol. The number of nitrogens with two attached hydrogens (primary N) is 1. The number of rotatable bonds is 2. The van der Waals surface area contributed by atoms with E-state index in [4.69, 9.17) is 10.5 Å². The van der Waals surface area contributed by atoms with E-state index < -0.39 is 5.60 Å². The first-order valence-corrected chi connectivity index (χ1v) is 8.54. The van der Waals surface area contributed by atoms with Gasteiger partial charge >= 0.3 is 6.09 Å². The van der Waals surface area contributed by atoms with Crippen LogP contribution < -0.4 is 5.73 Å². The van der Waals surface area contributed by atoms with Gasteiger partial charge < -0.3 is 15.4 Å². The number of piperidine rings is 1. The summed E-state index contributed by atoms with van der Waals surface area (Å²) in [5.41, 5.74) is 6.22. The van der Waals surface area contributed by atoms with Gasteiger partial charge in [-0.1, -0.05) is 19.3 Å². The second-order valence-corrected chi connectivity index (χ2v) is 8.04. The number of carbonyl (C=O) groups is 1. The molecule has 1 aliphatic carbocycles. The predicted molar refractivity (Wildman–Crippen MR) is 85.2 cm³/mol. The maximum Gasteiger partial charge on any atom is 0.410 e. The lowest BCUT2D eigenvalue weighted by Gasteiger charge is -2.39. The minimum atomic E-state index is -0.405. The van der Waals surface area contributed by atoms with Gasteiger partial charge in [0.05, 0.1) is 0 Å². The Labute approximate surface area is 129 Å². The van der Waals surface area contributed by atoms with Crippen LogP contribution in [0.4, 0.5) is 4.79 Å². The first kappa shape index (κ1) is 16.6. The highest BCUT2D eigenvalue weighted by Gasteiger charge is 2.33. The molecule has 1 saturated carbocycles. The average Bonchev–Trinajstić information content (AvgIpc) is 2.38. The fourth-order valence-electron chi connectivity index (χ4n) is 3.68. The quantitative estimate of drug-likeness (QED) is 0.845. The van der Waals surface area contributed by atoms with Crippen molar-refractivity contribution in [2.24, 2.45) is 11.7 Å². The summed E-state index contributed by atoms with van der Waals surface area (Å²) in [6.45, 7) is 7.38. The van der Waals surface area contributed by atoms with Gasteiger partial charge in [0.2, 0.25) is 0 Å². The topological polar surface area (TPSA) is 55.6 Å². The van der Waals surface area contributed by atoms with Gasteiger partial charge in [0.1, 0.15) is 5.60 Å². The molecule has 0 aromatic carbocycles. The molecule has 0 atom stereocenters. The summed E-state index contributed by atoms with van der Waals surface area (Å²) in [5.74, 6) is 0.673. The molecule has 0 bridgehead atoms. The van der Waals surface area contributed by atoms with E-state index in [1.165, 1.54) is 32.1 Å². The standard InChI is InChI=1S/C17H32N2O2/c1-16(2,3)21-15(20)19-11-7-14(8-12-19)13-17(18)9-5-4-6-10-17/h14H,4-13,18H2,1-3H3. The molecule has 0 unspecified atom stereocenters. The zero-order chi connectivity index (χ0) is 15.5. The van der Waals surface area contributed by atoms with Gasteiger partial charge in [-0.3, -0.25) is 0 Å². The predicted octanol–water partition coefficient (Wildman–Crippen LogP) is 3.69. The van der Waals surface area contributed by atoms with E-state index in [-0.39, 0.29) is 11.6 Å². The molecule has 4 heteroatoms. The van der Waals surface area contributed by atoms with Crippen molar-refractivity contribution in [3.05, 3.63) is 0 Å². The molecule has 2 rings (SSSR count). The largest absolute Gasteiger partial charge is 0.444 e. The SMILES string of the molecule is CC(C)(C)OC(=O)N1CCC(CC2(N)CCCCC2)CC1. The van der Waals surface area contributed by atoms with Gasteiger partial charge in [0.15, 0.2) is 0 Å². The normalized spacial score (nSPS) is 23.9. The zero-order valence-corrected chi connectivity index (χ0v) is 14.0. The van der Waals surface area contributed by atoms with Crippen molar-refractivity contribution < 1.29 is 9.53 Å². The van der Waals surface area contributed by atoms with Crippen molar-refractivity contribution in [1.82, 2.24) is 4.90 Å². The van der Waals surface area contributed by atoms with Crippen molar-refractivity contribution in [3.63, 3.8) is 0 Å². The van der Waals surface area contributed by atoms with Crippen molar-refractivity contribution in [2.75, 3.05) is 13.1 Å². The lowest BCUT2D eigenvalue weighted by atomic mass is 9.74. The monoisotopic (exact) mass is 296 g/mol. The van der Waals surface area contributed by atoms with Gasteiger partial charge in [-0.25, -0.2) is 4.79 Å². The molecule has 0 aromatic rings. The summed E-state index contributed by atoms with van der Waals surface area (Å²) in [4.78, 5) is 13.9. The lowest BCUT2D eigenvalue weighted by Crippen LogP contribution is -2.46. The summed E-state index contributed by atoms with van der Waals surface area (Å²) < 4.78 is 5.44. The first-order valence-electron chi connectivity index (χ1n) is 8.54.